The summed E-state index contributed by atoms with van der Waals surface area (Å²) >= 11 is 1.85. The van der Waals surface area contributed by atoms with E-state index in [0.717, 1.165) is 12.2 Å². The number of esters is 1. The van der Waals surface area contributed by atoms with Crippen molar-refractivity contribution in [3.05, 3.63) is 0 Å². The van der Waals surface area contributed by atoms with Gasteiger partial charge in [-0.2, -0.15) is 11.8 Å². The lowest BCUT2D eigenvalue weighted by Crippen LogP contribution is -2.05. The molecular weight excluding hydrogens is 148 g/mol. The van der Waals surface area contributed by atoms with Gasteiger partial charge in [0.05, 0.1) is 13.0 Å². The van der Waals surface area contributed by atoms with Crippen molar-refractivity contribution in [2.24, 2.45) is 0 Å². The lowest BCUT2D eigenvalue weighted by atomic mass is 10.4. The average Bonchev–Trinajstić information content (AvgIpc) is 2.02. The molecule has 1 heterocycles. The highest BCUT2D eigenvalue weighted by Crippen LogP contribution is 2.09. The van der Waals surface area contributed by atoms with E-state index in [9.17, 15) is 4.79 Å². The molecule has 0 bridgehead atoms. The average molecular weight is 160 g/mol. The molecule has 0 radical (unpaired) electrons. The Bertz CT molecular complexity index is 102. The zero-order valence-electron chi connectivity index (χ0n) is 5.97. The van der Waals surface area contributed by atoms with Gasteiger partial charge in [0.2, 0.25) is 0 Å². The van der Waals surface area contributed by atoms with Crippen molar-refractivity contribution >= 4 is 17.7 Å². The Labute approximate surface area is 65.3 Å². The molecule has 0 N–H and O–H groups in total. The molecule has 0 saturated carbocycles. The topological polar surface area (TPSA) is 26.3 Å². The van der Waals surface area contributed by atoms with Crippen LogP contribution in [0.15, 0.2) is 0 Å². The maximum atomic E-state index is 10.8. The third-order valence-corrected chi connectivity index (χ3v) is 2.47. The maximum Gasteiger partial charge on any atom is 0.306 e. The first-order valence-electron chi connectivity index (χ1n) is 3.63. The number of thioether (sulfide) groups is 1. The van der Waals surface area contributed by atoms with Crippen LogP contribution in [-0.4, -0.2) is 24.1 Å². The van der Waals surface area contributed by atoms with Gasteiger partial charge < -0.3 is 4.74 Å². The number of cyclic esters (lactones) is 1. The van der Waals surface area contributed by atoms with Crippen molar-refractivity contribution in [3.63, 3.8) is 0 Å². The summed E-state index contributed by atoms with van der Waals surface area (Å²) in [4.78, 5) is 10.8. The molecule has 0 unspecified atom stereocenters. The Morgan fingerprint density at radius 1 is 1.30 bits per heavy atom. The summed E-state index contributed by atoms with van der Waals surface area (Å²) in [5, 5.41) is 0. The lowest BCUT2D eigenvalue weighted by Gasteiger charge is -1.98. The van der Waals surface area contributed by atoms with E-state index >= 15 is 0 Å². The monoisotopic (exact) mass is 160 g/mol. The molecule has 1 aliphatic rings. The van der Waals surface area contributed by atoms with E-state index in [1.54, 1.807) is 0 Å². The van der Waals surface area contributed by atoms with Crippen molar-refractivity contribution in [2.45, 2.75) is 19.3 Å². The van der Waals surface area contributed by atoms with Gasteiger partial charge in [0.25, 0.3) is 0 Å². The van der Waals surface area contributed by atoms with Crippen molar-refractivity contribution in [3.8, 4) is 0 Å². The van der Waals surface area contributed by atoms with Gasteiger partial charge in [-0.05, 0) is 18.6 Å². The maximum absolute atomic E-state index is 10.8. The fourth-order valence-electron chi connectivity index (χ4n) is 0.822. The molecule has 0 aromatic rings. The van der Waals surface area contributed by atoms with Crippen molar-refractivity contribution in [2.75, 3.05) is 18.1 Å². The van der Waals surface area contributed by atoms with E-state index in [4.69, 9.17) is 4.74 Å². The van der Waals surface area contributed by atoms with Gasteiger partial charge in [-0.1, -0.05) is 0 Å². The smallest absolute Gasteiger partial charge is 0.306 e. The van der Waals surface area contributed by atoms with Crippen LogP contribution in [0.3, 0.4) is 0 Å². The fourth-order valence-corrected chi connectivity index (χ4v) is 1.75. The van der Waals surface area contributed by atoms with Gasteiger partial charge in [-0.3, -0.25) is 4.79 Å². The Hall–Kier alpha value is -0.180. The van der Waals surface area contributed by atoms with Gasteiger partial charge in [0.15, 0.2) is 0 Å². The first kappa shape index (κ1) is 7.92. The highest BCUT2D eigenvalue weighted by molar-refractivity contribution is 7.99. The molecule has 1 rings (SSSR count). The van der Waals surface area contributed by atoms with Crippen molar-refractivity contribution < 1.29 is 9.53 Å². The van der Waals surface area contributed by atoms with Crippen LogP contribution >= 0.6 is 11.8 Å². The van der Waals surface area contributed by atoms with Gasteiger partial charge in [-0.15, -0.1) is 0 Å². The molecule has 1 aliphatic heterocycles. The molecule has 0 spiro atoms. The molecule has 10 heavy (non-hydrogen) atoms. The summed E-state index contributed by atoms with van der Waals surface area (Å²) in [7, 11) is 0. The molecule has 0 atom stereocenters. The molecule has 58 valence electrons. The second-order valence-electron chi connectivity index (χ2n) is 2.29. The minimum atomic E-state index is -0.0330. The second kappa shape index (κ2) is 4.61. The number of carbonyl (C=O) groups is 1. The first-order chi connectivity index (χ1) is 4.89. The van der Waals surface area contributed by atoms with Gasteiger partial charge >= 0.3 is 5.97 Å². The van der Waals surface area contributed by atoms with Crippen molar-refractivity contribution in [1.82, 2.24) is 0 Å². The number of ether oxygens (including phenoxy) is 1. The Kier molecular flexibility index (Phi) is 3.65. The molecule has 0 aromatic heterocycles. The normalized spacial score (nSPS) is 22.2. The fraction of sp³-hybridized carbons (Fsp3) is 0.857. The number of carbonyl (C=O) groups excluding carboxylic acids is 1. The molecule has 1 saturated heterocycles. The Morgan fingerprint density at radius 3 is 3.10 bits per heavy atom. The summed E-state index contributed by atoms with van der Waals surface area (Å²) in [6, 6.07) is 0. The van der Waals surface area contributed by atoms with E-state index in [1.807, 2.05) is 11.8 Å². The summed E-state index contributed by atoms with van der Waals surface area (Å²) in [6.45, 7) is 0.624. The van der Waals surface area contributed by atoms with Gasteiger partial charge in [0, 0.05) is 5.75 Å². The van der Waals surface area contributed by atoms with E-state index in [0.29, 0.717) is 13.0 Å². The Balaban J connectivity index is 2.21. The minimum Gasteiger partial charge on any atom is -0.466 e. The highest BCUT2D eigenvalue weighted by Gasteiger charge is 2.04. The molecule has 2 nitrogen and oxygen atoms in total. The summed E-state index contributed by atoms with van der Waals surface area (Å²) < 4.78 is 4.91. The van der Waals surface area contributed by atoms with Gasteiger partial charge in [0.1, 0.15) is 0 Å². The molecule has 3 heteroatoms. The predicted octanol–water partition coefficient (Wildman–Crippen LogP) is 1.45. The number of hydrogen-bond donors (Lipinski definition) is 0. The van der Waals surface area contributed by atoms with E-state index < -0.39 is 0 Å². The predicted molar refractivity (Wildman–Crippen MR) is 42.1 cm³/mol. The summed E-state index contributed by atoms with van der Waals surface area (Å²) in [6.07, 6.45) is 2.79. The third-order valence-electron chi connectivity index (χ3n) is 1.40. The first-order valence-corrected chi connectivity index (χ1v) is 4.78. The van der Waals surface area contributed by atoms with Crippen molar-refractivity contribution in [1.29, 1.82) is 0 Å². The van der Waals surface area contributed by atoms with Gasteiger partial charge in [-0.25, -0.2) is 0 Å². The largest absolute Gasteiger partial charge is 0.466 e. The zero-order chi connectivity index (χ0) is 7.23. The molecule has 0 aliphatic carbocycles. The summed E-state index contributed by atoms with van der Waals surface area (Å²) in [5.74, 6) is 2.07. The van der Waals surface area contributed by atoms with Crippen LogP contribution in [0.4, 0.5) is 0 Å². The van der Waals surface area contributed by atoms with Crippen LogP contribution in [0.1, 0.15) is 19.3 Å². The SMILES string of the molecule is O=C1CCSCCCCO1. The molecule has 1 fully saturated rings. The lowest BCUT2D eigenvalue weighted by molar-refractivity contribution is -0.143. The van der Waals surface area contributed by atoms with Crippen LogP contribution in [0.5, 0.6) is 0 Å². The zero-order valence-corrected chi connectivity index (χ0v) is 6.78. The van der Waals surface area contributed by atoms with Crippen LogP contribution in [0, 0.1) is 0 Å². The molecular formula is C7H12O2S. The Morgan fingerprint density at radius 2 is 2.20 bits per heavy atom. The second-order valence-corrected chi connectivity index (χ2v) is 3.51. The minimum absolute atomic E-state index is 0.0330. The highest BCUT2D eigenvalue weighted by atomic mass is 32.2. The van der Waals surface area contributed by atoms with Crippen LogP contribution in [0.25, 0.3) is 0 Å². The molecule has 0 aromatic carbocycles. The van der Waals surface area contributed by atoms with E-state index in [1.165, 1.54) is 12.2 Å². The summed E-state index contributed by atoms with van der Waals surface area (Å²) in [5.41, 5.74) is 0. The number of hydrogen-bond acceptors (Lipinski definition) is 3. The quantitative estimate of drug-likeness (QED) is 0.502. The molecule has 0 amide bonds. The van der Waals surface area contributed by atoms with E-state index in [2.05, 4.69) is 0 Å². The standard InChI is InChI=1S/C7H12O2S/c8-7-3-6-10-5-2-1-4-9-7/h1-6H2. The van der Waals surface area contributed by atoms with E-state index in [-0.39, 0.29) is 5.97 Å². The van der Waals surface area contributed by atoms with Crippen LogP contribution in [-0.2, 0) is 9.53 Å². The van der Waals surface area contributed by atoms with Crippen LogP contribution < -0.4 is 0 Å². The van der Waals surface area contributed by atoms with Crippen LogP contribution in [0.2, 0.25) is 0 Å². The number of rotatable bonds is 0. The third kappa shape index (κ3) is 3.11.